The van der Waals surface area contributed by atoms with Gasteiger partial charge < -0.3 is 15.8 Å². The van der Waals surface area contributed by atoms with E-state index >= 15 is 0 Å². The summed E-state index contributed by atoms with van der Waals surface area (Å²) < 4.78 is 5.73. The predicted octanol–water partition coefficient (Wildman–Crippen LogP) is 1.18. The first kappa shape index (κ1) is 10.2. The van der Waals surface area contributed by atoms with Crippen LogP contribution in [0.5, 0.6) is 5.88 Å². The van der Waals surface area contributed by atoms with E-state index in [0.717, 1.165) is 6.54 Å². The largest absolute Gasteiger partial charge is 0.473 e. The number of nitrogens with two attached hydrogens (primary N) is 1. The molecule has 0 spiro atoms. The molecule has 4 nitrogen and oxygen atoms in total. The highest BCUT2D eigenvalue weighted by molar-refractivity contribution is 5.31. The Morgan fingerprint density at radius 3 is 3.13 bits per heavy atom. The van der Waals surface area contributed by atoms with Crippen molar-refractivity contribution in [1.29, 1.82) is 0 Å². The third kappa shape index (κ3) is 2.59. The first-order chi connectivity index (χ1) is 7.25. The van der Waals surface area contributed by atoms with Gasteiger partial charge in [0.15, 0.2) is 0 Å². The second kappa shape index (κ2) is 4.49. The lowest BCUT2D eigenvalue weighted by atomic mass is 10.1. The topological polar surface area (TPSA) is 60.2 Å². The number of hydrogen-bond acceptors (Lipinski definition) is 4. The van der Waals surface area contributed by atoms with Crippen LogP contribution in [0.15, 0.2) is 18.2 Å². The molecule has 0 saturated carbocycles. The van der Waals surface area contributed by atoms with Crippen LogP contribution >= 0.6 is 0 Å². The molecular formula is C11H17N3O. The zero-order chi connectivity index (χ0) is 10.7. The van der Waals surface area contributed by atoms with Gasteiger partial charge in [0, 0.05) is 12.1 Å². The Labute approximate surface area is 89.8 Å². The van der Waals surface area contributed by atoms with Crippen molar-refractivity contribution in [3.05, 3.63) is 18.2 Å². The molecule has 0 aromatic carbocycles. The molecule has 1 saturated heterocycles. The van der Waals surface area contributed by atoms with Gasteiger partial charge in [-0.2, -0.15) is 4.98 Å². The Balaban J connectivity index is 1.95. The normalized spacial score (nSPS) is 22.6. The fraction of sp³-hybridized carbons (Fsp3) is 0.545. The van der Waals surface area contributed by atoms with Crippen LogP contribution in [0.1, 0.15) is 19.8 Å². The van der Waals surface area contributed by atoms with Gasteiger partial charge in [0.25, 0.3) is 0 Å². The smallest absolute Gasteiger partial charge is 0.215 e. The Bertz CT molecular complexity index is 323. The average molecular weight is 207 g/mol. The zero-order valence-electron chi connectivity index (χ0n) is 8.94. The van der Waals surface area contributed by atoms with Crippen molar-refractivity contribution in [3.63, 3.8) is 0 Å². The lowest BCUT2D eigenvalue weighted by molar-refractivity contribution is 0.173. The highest BCUT2D eigenvalue weighted by atomic mass is 16.5. The molecule has 1 aliphatic heterocycles. The van der Waals surface area contributed by atoms with Crippen molar-refractivity contribution in [2.75, 3.05) is 12.3 Å². The summed E-state index contributed by atoms with van der Waals surface area (Å²) >= 11 is 0. The zero-order valence-corrected chi connectivity index (χ0v) is 8.94. The molecule has 82 valence electrons. The van der Waals surface area contributed by atoms with Crippen LogP contribution in [0, 0.1) is 0 Å². The van der Waals surface area contributed by atoms with Gasteiger partial charge in [-0.15, -0.1) is 0 Å². The quantitative estimate of drug-likeness (QED) is 0.781. The Kier molecular flexibility index (Phi) is 3.06. The number of aromatic nitrogens is 1. The molecule has 2 rings (SSSR count). The van der Waals surface area contributed by atoms with Crippen LogP contribution in [0.25, 0.3) is 0 Å². The fourth-order valence-corrected chi connectivity index (χ4v) is 1.88. The van der Waals surface area contributed by atoms with Crippen LogP contribution in [0.3, 0.4) is 0 Å². The minimum absolute atomic E-state index is 0.141. The van der Waals surface area contributed by atoms with Crippen molar-refractivity contribution in [2.45, 2.75) is 31.9 Å². The van der Waals surface area contributed by atoms with Crippen LogP contribution in [0.2, 0.25) is 0 Å². The molecule has 1 aliphatic rings. The van der Waals surface area contributed by atoms with E-state index in [0.29, 0.717) is 17.7 Å². The number of nitrogens with one attached hydrogen (secondary N) is 1. The van der Waals surface area contributed by atoms with Crippen molar-refractivity contribution in [3.8, 4) is 5.88 Å². The van der Waals surface area contributed by atoms with Crippen LogP contribution in [-0.4, -0.2) is 23.7 Å². The standard InChI is InChI=1S/C11H17N3O/c1-8(9-4-3-7-13-9)15-11-6-2-5-10(12)14-11/h2,5-6,8-9,13H,3-4,7H2,1H3,(H2,12,14). The van der Waals surface area contributed by atoms with E-state index < -0.39 is 0 Å². The number of nitrogen functional groups attached to an aromatic ring is 1. The summed E-state index contributed by atoms with van der Waals surface area (Å²) in [6.45, 7) is 3.15. The van der Waals surface area contributed by atoms with Crippen LogP contribution in [-0.2, 0) is 0 Å². The Morgan fingerprint density at radius 2 is 2.47 bits per heavy atom. The lowest BCUT2D eigenvalue weighted by Gasteiger charge is -2.20. The van der Waals surface area contributed by atoms with Gasteiger partial charge in [0.1, 0.15) is 11.9 Å². The third-order valence-electron chi connectivity index (χ3n) is 2.72. The Morgan fingerprint density at radius 1 is 1.60 bits per heavy atom. The van der Waals surface area contributed by atoms with E-state index in [-0.39, 0.29) is 6.10 Å². The number of hydrogen-bond donors (Lipinski definition) is 2. The van der Waals surface area contributed by atoms with Crippen LogP contribution < -0.4 is 15.8 Å². The summed E-state index contributed by atoms with van der Waals surface area (Å²) in [5, 5.41) is 3.41. The van der Waals surface area contributed by atoms with Crippen LogP contribution in [0.4, 0.5) is 5.82 Å². The molecule has 0 aliphatic carbocycles. The second-order valence-corrected chi connectivity index (χ2v) is 3.93. The summed E-state index contributed by atoms with van der Waals surface area (Å²) in [5.74, 6) is 1.11. The molecule has 2 unspecified atom stereocenters. The number of anilines is 1. The van der Waals surface area contributed by atoms with Crippen molar-refractivity contribution < 1.29 is 4.74 Å². The number of rotatable bonds is 3. The van der Waals surface area contributed by atoms with Crippen molar-refractivity contribution in [1.82, 2.24) is 10.3 Å². The monoisotopic (exact) mass is 207 g/mol. The van der Waals surface area contributed by atoms with Gasteiger partial charge >= 0.3 is 0 Å². The molecule has 0 radical (unpaired) electrons. The summed E-state index contributed by atoms with van der Waals surface area (Å²) in [7, 11) is 0. The van der Waals surface area contributed by atoms with E-state index in [1.165, 1.54) is 12.8 Å². The predicted molar refractivity (Wildman–Crippen MR) is 59.8 cm³/mol. The maximum Gasteiger partial charge on any atom is 0.215 e. The first-order valence-electron chi connectivity index (χ1n) is 5.38. The summed E-state index contributed by atoms with van der Waals surface area (Å²) in [4.78, 5) is 4.11. The molecule has 0 amide bonds. The van der Waals surface area contributed by atoms with E-state index in [2.05, 4.69) is 17.2 Å². The maximum atomic E-state index is 5.73. The summed E-state index contributed by atoms with van der Waals surface area (Å²) in [6, 6.07) is 5.88. The lowest BCUT2D eigenvalue weighted by Crippen LogP contribution is -2.36. The number of nitrogens with zero attached hydrogens (tertiary/aromatic N) is 1. The Hall–Kier alpha value is -1.29. The minimum atomic E-state index is 0.141. The van der Waals surface area contributed by atoms with E-state index in [1.807, 2.05) is 12.1 Å². The fourth-order valence-electron chi connectivity index (χ4n) is 1.88. The number of ether oxygens (including phenoxy) is 1. The molecule has 1 aromatic rings. The molecule has 2 heterocycles. The molecule has 2 atom stereocenters. The van der Waals surface area contributed by atoms with Crippen molar-refractivity contribution in [2.24, 2.45) is 0 Å². The minimum Gasteiger partial charge on any atom is -0.473 e. The molecule has 3 N–H and O–H groups in total. The first-order valence-corrected chi connectivity index (χ1v) is 5.38. The summed E-state index contributed by atoms with van der Waals surface area (Å²) in [5.41, 5.74) is 5.58. The highest BCUT2D eigenvalue weighted by Gasteiger charge is 2.22. The van der Waals surface area contributed by atoms with E-state index in [9.17, 15) is 0 Å². The van der Waals surface area contributed by atoms with Gasteiger partial charge in [-0.3, -0.25) is 0 Å². The van der Waals surface area contributed by atoms with Gasteiger partial charge in [-0.25, -0.2) is 0 Å². The SMILES string of the molecule is CC(Oc1cccc(N)n1)C1CCCN1. The second-order valence-electron chi connectivity index (χ2n) is 3.93. The van der Waals surface area contributed by atoms with Gasteiger partial charge in [0.05, 0.1) is 0 Å². The third-order valence-corrected chi connectivity index (χ3v) is 2.72. The van der Waals surface area contributed by atoms with Gasteiger partial charge in [-0.1, -0.05) is 6.07 Å². The summed E-state index contributed by atoms with van der Waals surface area (Å²) in [6.07, 6.45) is 2.54. The van der Waals surface area contributed by atoms with Gasteiger partial charge in [0.2, 0.25) is 5.88 Å². The van der Waals surface area contributed by atoms with Crippen molar-refractivity contribution >= 4 is 5.82 Å². The molecule has 4 heteroatoms. The molecule has 0 bridgehead atoms. The molecule has 15 heavy (non-hydrogen) atoms. The molecule has 1 fully saturated rings. The van der Waals surface area contributed by atoms with Gasteiger partial charge in [-0.05, 0) is 32.4 Å². The average Bonchev–Trinajstić information content (AvgIpc) is 2.70. The van der Waals surface area contributed by atoms with E-state index in [1.54, 1.807) is 6.07 Å². The number of pyridine rings is 1. The maximum absolute atomic E-state index is 5.73. The van der Waals surface area contributed by atoms with E-state index in [4.69, 9.17) is 10.5 Å². The molecule has 1 aromatic heterocycles. The highest BCUT2D eigenvalue weighted by Crippen LogP contribution is 2.16. The molecular weight excluding hydrogens is 190 g/mol.